The molecule has 0 amide bonds. The number of aliphatic imine (C=N–C) groups is 1. The Morgan fingerprint density at radius 2 is 1.44 bits per heavy atom. The van der Waals surface area contributed by atoms with Crippen LogP contribution in [0.4, 0.5) is 5.69 Å². The standard InChI is InChI=1S/C27H38BNO3/c1-24(2,3)19-15-18(23(30)20(16-19)25(4,5)6)17-29-22-14-12-11-13-21(22)28-31-26(7,8)27(9,10)32-28/h11-17,30H,1-10H3. The van der Waals surface area contributed by atoms with Gasteiger partial charge in [0, 0.05) is 22.8 Å². The Morgan fingerprint density at radius 3 is 1.97 bits per heavy atom. The average Bonchev–Trinajstić information content (AvgIpc) is 2.86. The lowest BCUT2D eigenvalue weighted by molar-refractivity contribution is 0.00578. The number of hydrogen-bond acceptors (Lipinski definition) is 4. The first-order valence-corrected chi connectivity index (χ1v) is 11.4. The molecule has 1 aliphatic heterocycles. The topological polar surface area (TPSA) is 51.0 Å². The number of para-hydroxylation sites is 1. The molecule has 1 saturated heterocycles. The third-order valence-corrected chi connectivity index (χ3v) is 6.60. The highest BCUT2D eigenvalue weighted by Gasteiger charge is 2.52. The number of aromatic hydroxyl groups is 1. The van der Waals surface area contributed by atoms with Crippen molar-refractivity contribution in [2.75, 3.05) is 0 Å². The molecule has 0 bridgehead atoms. The molecule has 0 aliphatic carbocycles. The highest BCUT2D eigenvalue weighted by Crippen LogP contribution is 2.38. The second-order valence-electron chi connectivity index (χ2n) is 11.9. The molecule has 0 unspecified atom stereocenters. The predicted octanol–water partition coefficient (Wildman–Crippen LogP) is 6.04. The van der Waals surface area contributed by atoms with Crippen LogP contribution in [0.3, 0.4) is 0 Å². The summed E-state index contributed by atoms with van der Waals surface area (Å²) in [4.78, 5) is 4.78. The summed E-state index contributed by atoms with van der Waals surface area (Å²) in [5.41, 5.74) is 3.38. The van der Waals surface area contributed by atoms with Gasteiger partial charge < -0.3 is 14.4 Å². The number of phenols is 1. The third-order valence-electron chi connectivity index (χ3n) is 6.60. The maximum Gasteiger partial charge on any atom is 0.497 e. The van der Waals surface area contributed by atoms with Gasteiger partial charge in [0.05, 0.1) is 16.9 Å². The smallest absolute Gasteiger partial charge is 0.497 e. The third kappa shape index (κ3) is 4.79. The summed E-state index contributed by atoms with van der Waals surface area (Å²) < 4.78 is 12.5. The van der Waals surface area contributed by atoms with E-state index in [2.05, 4.69) is 47.6 Å². The first-order chi connectivity index (χ1) is 14.5. The van der Waals surface area contributed by atoms with E-state index in [1.165, 1.54) is 5.56 Å². The van der Waals surface area contributed by atoms with Gasteiger partial charge in [0.2, 0.25) is 0 Å². The molecule has 0 saturated carbocycles. The highest BCUT2D eigenvalue weighted by molar-refractivity contribution is 6.63. The minimum atomic E-state index is -0.493. The van der Waals surface area contributed by atoms with Gasteiger partial charge in [-0.15, -0.1) is 0 Å². The van der Waals surface area contributed by atoms with E-state index in [1.807, 2.05) is 58.0 Å². The molecule has 1 N–H and O–H groups in total. The Kier molecular flexibility index (Phi) is 6.16. The van der Waals surface area contributed by atoms with Gasteiger partial charge in [-0.3, -0.25) is 4.99 Å². The summed E-state index contributed by atoms with van der Waals surface area (Å²) in [5, 5.41) is 11.1. The largest absolute Gasteiger partial charge is 0.507 e. The molecule has 172 valence electrons. The monoisotopic (exact) mass is 435 g/mol. The van der Waals surface area contributed by atoms with Crippen LogP contribution in [0.15, 0.2) is 41.4 Å². The maximum atomic E-state index is 11.1. The lowest BCUT2D eigenvalue weighted by Crippen LogP contribution is -2.41. The van der Waals surface area contributed by atoms with Gasteiger partial charge in [0.15, 0.2) is 0 Å². The number of nitrogens with zero attached hydrogens (tertiary/aromatic N) is 1. The molecule has 2 aromatic carbocycles. The predicted molar refractivity (Wildman–Crippen MR) is 135 cm³/mol. The van der Waals surface area contributed by atoms with Crippen molar-refractivity contribution in [1.82, 2.24) is 0 Å². The summed E-state index contributed by atoms with van der Waals surface area (Å²) >= 11 is 0. The minimum Gasteiger partial charge on any atom is -0.507 e. The van der Waals surface area contributed by atoms with Crippen molar-refractivity contribution < 1.29 is 14.4 Å². The van der Waals surface area contributed by atoms with Gasteiger partial charge >= 0.3 is 7.12 Å². The van der Waals surface area contributed by atoms with Gasteiger partial charge in [-0.2, -0.15) is 0 Å². The average molecular weight is 435 g/mol. The zero-order valence-corrected chi connectivity index (χ0v) is 21.3. The zero-order chi connectivity index (χ0) is 24.1. The highest BCUT2D eigenvalue weighted by atomic mass is 16.7. The van der Waals surface area contributed by atoms with E-state index >= 15 is 0 Å². The van der Waals surface area contributed by atoms with E-state index in [0.29, 0.717) is 5.56 Å². The van der Waals surface area contributed by atoms with Crippen LogP contribution in [0, 0.1) is 0 Å². The fraction of sp³-hybridized carbons (Fsp3) is 0.519. The van der Waals surface area contributed by atoms with Gasteiger partial charge in [-0.05, 0) is 56.2 Å². The van der Waals surface area contributed by atoms with Crippen LogP contribution in [-0.2, 0) is 20.1 Å². The van der Waals surface area contributed by atoms with E-state index in [1.54, 1.807) is 6.21 Å². The molecule has 1 heterocycles. The van der Waals surface area contributed by atoms with Crippen molar-refractivity contribution in [1.29, 1.82) is 0 Å². The maximum absolute atomic E-state index is 11.1. The lowest BCUT2D eigenvalue weighted by Gasteiger charge is -2.32. The van der Waals surface area contributed by atoms with E-state index in [-0.39, 0.29) is 16.6 Å². The molecular formula is C27H38BNO3. The molecule has 3 rings (SSSR count). The van der Waals surface area contributed by atoms with Crippen molar-refractivity contribution in [3.8, 4) is 5.75 Å². The fourth-order valence-electron chi connectivity index (χ4n) is 3.67. The van der Waals surface area contributed by atoms with Crippen molar-refractivity contribution in [2.24, 2.45) is 4.99 Å². The number of hydrogen-bond donors (Lipinski definition) is 1. The summed E-state index contributed by atoms with van der Waals surface area (Å²) in [6.45, 7) is 21.1. The summed E-state index contributed by atoms with van der Waals surface area (Å²) in [6, 6.07) is 12.0. The second-order valence-corrected chi connectivity index (χ2v) is 11.9. The minimum absolute atomic E-state index is 0.0448. The first-order valence-electron chi connectivity index (χ1n) is 11.4. The van der Waals surface area contributed by atoms with Gasteiger partial charge in [0.1, 0.15) is 5.75 Å². The molecule has 5 heteroatoms. The van der Waals surface area contributed by atoms with E-state index < -0.39 is 18.3 Å². The second kappa shape index (κ2) is 8.04. The number of benzene rings is 2. The lowest BCUT2D eigenvalue weighted by atomic mass is 9.78. The molecule has 0 spiro atoms. The Labute approximate surface area is 194 Å². The molecule has 1 fully saturated rings. The normalized spacial score (nSPS) is 18.5. The zero-order valence-electron chi connectivity index (χ0n) is 21.3. The first kappa shape index (κ1) is 24.5. The molecule has 0 radical (unpaired) electrons. The molecule has 32 heavy (non-hydrogen) atoms. The van der Waals surface area contributed by atoms with Crippen LogP contribution in [0.2, 0.25) is 0 Å². The van der Waals surface area contributed by atoms with Crippen LogP contribution >= 0.6 is 0 Å². The van der Waals surface area contributed by atoms with E-state index in [0.717, 1.165) is 16.7 Å². The quantitative estimate of drug-likeness (QED) is 0.473. The van der Waals surface area contributed by atoms with Gasteiger partial charge in [-0.25, -0.2) is 0 Å². The summed E-state index contributed by atoms with van der Waals surface area (Å²) in [6.07, 6.45) is 1.75. The molecule has 2 aromatic rings. The van der Waals surface area contributed by atoms with Crippen molar-refractivity contribution in [2.45, 2.75) is 91.3 Å². The van der Waals surface area contributed by atoms with Crippen LogP contribution in [0.25, 0.3) is 0 Å². The van der Waals surface area contributed by atoms with Gasteiger partial charge in [0.25, 0.3) is 0 Å². The fourth-order valence-corrected chi connectivity index (χ4v) is 3.67. The van der Waals surface area contributed by atoms with Crippen molar-refractivity contribution in [3.05, 3.63) is 53.1 Å². The van der Waals surface area contributed by atoms with Crippen molar-refractivity contribution >= 4 is 24.5 Å². The van der Waals surface area contributed by atoms with Crippen LogP contribution in [0.5, 0.6) is 5.75 Å². The molecular weight excluding hydrogens is 397 g/mol. The molecule has 4 nitrogen and oxygen atoms in total. The summed E-state index contributed by atoms with van der Waals surface area (Å²) in [5.74, 6) is 0.280. The van der Waals surface area contributed by atoms with E-state index in [9.17, 15) is 5.11 Å². The Hall–Kier alpha value is -2.11. The molecule has 0 atom stereocenters. The Morgan fingerprint density at radius 1 is 0.875 bits per heavy atom. The van der Waals surface area contributed by atoms with Crippen LogP contribution < -0.4 is 5.46 Å². The Bertz CT molecular complexity index is 1010. The van der Waals surface area contributed by atoms with Gasteiger partial charge in [-0.1, -0.05) is 65.8 Å². The van der Waals surface area contributed by atoms with Crippen molar-refractivity contribution in [3.63, 3.8) is 0 Å². The van der Waals surface area contributed by atoms with Crippen LogP contribution in [-0.4, -0.2) is 29.6 Å². The molecule has 1 aliphatic rings. The number of phenolic OH excluding ortho intramolecular Hbond substituents is 1. The molecule has 0 aromatic heterocycles. The SMILES string of the molecule is CC(C)(C)c1cc(C=Nc2ccccc2B2OC(C)(C)C(C)(C)O2)c(O)c(C(C)(C)C)c1. The number of rotatable bonds is 3. The summed E-state index contributed by atoms with van der Waals surface area (Å²) in [7, 11) is -0.493. The van der Waals surface area contributed by atoms with E-state index in [4.69, 9.17) is 14.3 Å². The van der Waals surface area contributed by atoms with Crippen LogP contribution in [0.1, 0.15) is 85.9 Å². The Balaban J connectivity index is 2.05.